The highest BCUT2D eigenvalue weighted by molar-refractivity contribution is 7.92. The highest BCUT2D eigenvalue weighted by atomic mass is 32.2. The van der Waals surface area contributed by atoms with Crippen LogP contribution < -0.4 is 4.72 Å². The van der Waals surface area contributed by atoms with Gasteiger partial charge in [0.15, 0.2) is 5.82 Å². The number of fused-ring (bicyclic) bond motifs is 1. The Bertz CT molecular complexity index is 1750. The predicted octanol–water partition coefficient (Wildman–Crippen LogP) is 5.14. The van der Waals surface area contributed by atoms with E-state index in [2.05, 4.69) is 19.8 Å². The number of aromatic amines is 1. The molecule has 0 aliphatic heterocycles. The first-order valence-electron chi connectivity index (χ1n) is 11.8. The van der Waals surface area contributed by atoms with Gasteiger partial charge in [0.05, 0.1) is 29.7 Å². The molecule has 3 aromatic heterocycles. The summed E-state index contributed by atoms with van der Waals surface area (Å²) in [5, 5.41) is 4.76. The number of nitrogens with zero attached hydrogens (tertiary/aromatic N) is 3. The van der Waals surface area contributed by atoms with E-state index >= 15 is 4.39 Å². The molecule has 194 valence electrons. The lowest BCUT2D eigenvalue weighted by Gasteiger charge is -2.11. The molecule has 0 spiro atoms. The molecule has 2 N–H and O–H groups in total. The Balaban J connectivity index is 1.48. The van der Waals surface area contributed by atoms with Gasteiger partial charge < -0.3 is 4.98 Å². The van der Waals surface area contributed by atoms with E-state index in [9.17, 15) is 17.6 Å². The molecule has 0 aliphatic carbocycles. The average molecular weight is 536 g/mol. The summed E-state index contributed by atoms with van der Waals surface area (Å²) in [6.07, 6.45) is 6.76. The molecule has 11 heteroatoms. The minimum atomic E-state index is -3.85. The van der Waals surface area contributed by atoms with Crippen LogP contribution in [0, 0.1) is 11.6 Å². The van der Waals surface area contributed by atoms with Gasteiger partial charge in [-0.25, -0.2) is 22.2 Å². The zero-order valence-electron chi connectivity index (χ0n) is 20.3. The average Bonchev–Trinajstić information content (AvgIpc) is 3.53. The normalized spacial score (nSPS) is 11.7. The lowest BCUT2D eigenvalue weighted by atomic mass is 10.0. The topological polar surface area (TPSA) is 110 Å². The molecular weight excluding hydrogens is 512 g/mol. The molecule has 0 atom stereocenters. The number of H-pyrrole nitrogens is 1. The van der Waals surface area contributed by atoms with E-state index < -0.39 is 38.7 Å². The summed E-state index contributed by atoms with van der Waals surface area (Å²) in [6.45, 7) is 2.23. The van der Waals surface area contributed by atoms with Crippen molar-refractivity contribution in [2.24, 2.45) is 0 Å². The Morgan fingerprint density at radius 1 is 1.08 bits per heavy atom. The summed E-state index contributed by atoms with van der Waals surface area (Å²) >= 11 is 0. The second-order valence-electron chi connectivity index (χ2n) is 8.77. The molecular formula is C27H23F2N5O3S. The zero-order chi connectivity index (χ0) is 26.9. The van der Waals surface area contributed by atoms with Gasteiger partial charge in [-0.3, -0.25) is 14.2 Å². The molecule has 5 aromatic rings. The Hall–Kier alpha value is -4.38. The van der Waals surface area contributed by atoms with Crippen LogP contribution in [0.1, 0.15) is 34.8 Å². The van der Waals surface area contributed by atoms with Gasteiger partial charge in [-0.05, 0) is 30.2 Å². The van der Waals surface area contributed by atoms with Crippen molar-refractivity contribution >= 4 is 32.5 Å². The van der Waals surface area contributed by atoms with Crippen molar-refractivity contribution in [3.8, 4) is 11.1 Å². The molecule has 0 amide bonds. The second kappa shape index (κ2) is 10.2. The fourth-order valence-electron chi connectivity index (χ4n) is 4.18. The number of hydrogen-bond acceptors (Lipinski definition) is 5. The Morgan fingerprint density at radius 3 is 2.63 bits per heavy atom. The van der Waals surface area contributed by atoms with Gasteiger partial charge in [-0.1, -0.05) is 37.3 Å². The highest BCUT2D eigenvalue weighted by Crippen LogP contribution is 2.29. The van der Waals surface area contributed by atoms with Crippen LogP contribution >= 0.6 is 0 Å². The molecule has 2 aromatic carbocycles. The van der Waals surface area contributed by atoms with Gasteiger partial charge in [-0.15, -0.1) is 0 Å². The van der Waals surface area contributed by atoms with Crippen LogP contribution in [0.5, 0.6) is 0 Å². The van der Waals surface area contributed by atoms with E-state index in [1.165, 1.54) is 6.20 Å². The van der Waals surface area contributed by atoms with Gasteiger partial charge in [0.2, 0.25) is 15.8 Å². The van der Waals surface area contributed by atoms with Crippen LogP contribution in [0.25, 0.3) is 22.2 Å². The van der Waals surface area contributed by atoms with E-state index in [0.29, 0.717) is 29.6 Å². The lowest BCUT2D eigenvalue weighted by molar-refractivity contribution is 0.103. The first-order valence-corrected chi connectivity index (χ1v) is 13.5. The minimum Gasteiger partial charge on any atom is -0.345 e. The molecule has 38 heavy (non-hydrogen) atoms. The van der Waals surface area contributed by atoms with Gasteiger partial charge in [-0.2, -0.15) is 5.10 Å². The molecule has 0 unspecified atom stereocenters. The van der Waals surface area contributed by atoms with E-state index in [-0.39, 0.29) is 11.3 Å². The number of carbonyl (C=O) groups excluding carboxylic acids is 1. The van der Waals surface area contributed by atoms with Crippen LogP contribution in [-0.2, 0) is 16.6 Å². The monoisotopic (exact) mass is 535 g/mol. The maximum absolute atomic E-state index is 15.2. The highest BCUT2D eigenvalue weighted by Gasteiger charge is 2.26. The van der Waals surface area contributed by atoms with Crippen molar-refractivity contribution in [3.05, 3.63) is 102 Å². The molecule has 0 saturated heterocycles. The predicted molar refractivity (Wildman–Crippen MR) is 140 cm³/mol. The molecule has 0 radical (unpaired) electrons. The summed E-state index contributed by atoms with van der Waals surface area (Å²) in [6, 6.07) is 13.3. The third-order valence-corrected chi connectivity index (χ3v) is 7.46. The number of sulfonamides is 1. The summed E-state index contributed by atoms with van der Waals surface area (Å²) < 4.78 is 58.1. The minimum absolute atomic E-state index is 0.00241. The number of halogens is 2. The molecule has 3 heterocycles. The van der Waals surface area contributed by atoms with Crippen molar-refractivity contribution < 1.29 is 22.0 Å². The number of nitrogens with one attached hydrogen (secondary N) is 2. The Kier molecular flexibility index (Phi) is 6.77. The third-order valence-electron chi connectivity index (χ3n) is 5.99. The van der Waals surface area contributed by atoms with E-state index in [0.717, 1.165) is 23.3 Å². The number of benzene rings is 2. The fraction of sp³-hybridized carbons (Fsp3) is 0.148. The number of rotatable bonds is 9. The van der Waals surface area contributed by atoms with Gasteiger partial charge >= 0.3 is 0 Å². The van der Waals surface area contributed by atoms with Crippen molar-refractivity contribution in [1.82, 2.24) is 19.7 Å². The zero-order valence-corrected chi connectivity index (χ0v) is 21.1. The molecule has 0 aliphatic rings. The Morgan fingerprint density at radius 2 is 1.87 bits per heavy atom. The smallest absolute Gasteiger partial charge is 0.232 e. The largest absolute Gasteiger partial charge is 0.345 e. The maximum atomic E-state index is 15.2. The lowest BCUT2D eigenvalue weighted by Crippen LogP contribution is -2.18. The maximum Gasteiger partial charge on any atom is 0.232 e. The van der Waals surface area contributed by atoms with Crippen LogP contribution in [0.15, 0.2) is 73.3 Å². The number of aromatic nitrogens is 4. The van der Waals surface area contributed by atoms with Crippen LogP contribution in [0.4, 0.5) is 14.5 Å². The van der Waals surface area contributed by atoms with Gasteiger partial charge in [0.25, 0.3) is 0 Å². The second-order valence-corrected chi connectivity index (χ2v) is 10.6. The fourth-order valence-corrected chi connectivity index (χ4v) is 5.31. The summed E-state index contributed by atoms with van der Waals surface area (Å²) in [4.78, 5) is 20.5. The summed E-state index contributed by atoms with van der Waals surface area (Å²) in [5.74, 6) is -3.57. The van der Waals surface area contributed by atoms with E-state index in [4.69, 9.17) is 0 Å². The number of hydrogen-bond donors (Lipinski definition) is 2. The van der Waals surface area contributed by atoms with Crippen molar-refractivity contribution in [2.45, 2.75) is 19.9 Å². The summed E-state index contributed by atoms with van der Waals surface area (Å²) in [5.41, 5.74) is 1.49. The number of anilines is 1. The standard InChI is InChI=1S/C27H23F2N5O3S/c1-2-10-38(36,37)33-23-9-8-22(28)24(25(23)29)26(35)21-14-31-27-20(21)11-18(12-30-27)19-13-32-34(16-19)15-17-6-4-3-5-7-17/h3-9,11-14,16,33H,2,10,15H2,1H3,(H,30,31). The van der Waals surface area contributed by atoms with Crippen molar-refractivity contribution in [1.29, 1.82) is 0 Å². The molecule has 8 nitrogen and oxygen atoms in total. The molecule has 5 rings (SSSR count). The Labute approximate surface area is 217 Å². The van der Waals surface area contributed by atoms with Crippen LogP contribution in [-0.4, -0.2) is 39.7 Å². The summed E-state index contributed by atoms with van der Waals surface area (Å²) in [7, 11) is -3.85. The quantitative estimate of drug-likeness (QED) is 0.254. The number of carbonyl (C=O) groups is 1. The van der Waals surface area contributed by atoms with E-state index in [1.54, 1.807) is 30.1 Å². The number of pyridine rings is 1. The van der Waals surface area contributed by atoms with Gasteiger partial charge in [0.1, 0.15) is 11.5 Å². The molecule has 0 saturated carbocycles. The SMILES string of the molecule is CCCS(=O)(=O)Nc1ccc(F)c(C(=O)c2c[nH]c3ncc(-c4cnn(Cc5ccccc5)c4)cc23)c1F. The third kappa shape index (κ3) is 5.05. The van der Waals surface area contributed by atoms with Crippen LogP contribution in [0.2, 0.25) is 0 Å². The number of ketones is 1. The molecule has 0 bridgehead atoms. The first kappa shape index (κ1) is 25.3. The van der Waals surface area contributed by atoms with E-state index in [1.807, 2.05) is 36.5 Å². The van der Waals surface area contributed by atoms with Gasteiger partial charge in [0, 0.05) is 40.7 Å². The first-order chi connectivity index (χ1) is 18.3. The van der Waals surface area contributed by atoms with Crippen molar-refractivity contribution in [3.63, 3.8) is 0 Å². The molecule has 0 fully saturated rings. The van der Waals surface area contributed by atoms with Crippen LogP contribution in [0.3, 0.4) is 0 Å². The van der Waals surface area contributed by atoms with Crippen molar-refractivity contribution in [2.75, 3.05) is 10.5 Å².